The van der Waals surface area contributed by atoms with E-state index in [0.29, 0.717) is 17.0 Å². The van der Waals surface area contributed by atoms with Gasteiger partial charge in [0.25, 0.3) is 0 Å². The summed E-state index contributed by atoms with van der Waals surface area (Å²) in [7, 11) is 1.30. The number of ether oxygens (including phenoxy) is 1. The second-order valence-electron chi connectivity index (χ2n) is 3.08. The van der Waals surface area contributed by atoms with Crippen LogP contribution in [0.2, 0.25) is 0 Å². The average Bonchev–Trinajstić information content (AvgIpc) is 2.27. The van der Waals surface area contributed by atoms with Gasteiger partial charge in [-0.15, -0.1) is 0 Å². The second-order valence-corrected chi connectivity index (χ2v) is 3.08. The van der Waals surface area contributed by atoms with Crippen molar-refractivity contribution in [1.82, 2.24) is 10.3 Å². The molecule has 0 spiro atoms. The first kappa shape index (κ1) is 11.9. The third-order valence-corrected chi connectivity index (χ3v) is 1.82. The van der Waals surface area contributed by atoms with Crippen LogP contribution >= 0.6 is 0 Å². The minimum atomic E-state index is -0.454. The fourth-order valence-corrected chi connectivity index (χ4v) is 1.09. The highest BCUT2D eigenvalue weighted by molar-refractivity contribution is 5.89. The van der Waals surface area contributed by atoms with Gasteiger partial charge >= 0.3 is 5.97 Å². The molecular formula is C11H12N2O3. The topological polar surface area (TPSA) is 68.3 Å². The van der Waals surface area contributed by atoms with Crippen LogP contribution < -0.4 is 5.32 Å². The first-order valence-electron chi connectivity index (χ1n) is 4.56. The third kappa shape index (κ3) is 2.91. The Bertz CT molecular complexity index is 423. The number of hydrogen-bond donors (Lipinski definition) is 1. The third-order valence-electron chi connectivity index (χ3n) is 1.82. The molecule has 0 radical (unpaired) electrons. The zero-order valence-corrected chi connectivity index (χ0v) is 9.11. The number of hydrogen-bond acceptors (Lipinski definition) is 4. The highest BCUT2D eigenvalue weighted by Gasteiger charge is 2.07. The Morgan fingerprint density at radius 1 is 1.44 bits per heavy atom. The van der Waals surface area contributed by atoms with Gasteiger partial charge in [-0.05, 0) is 12.1 Å². The van der Waals surface area contributed by atoms with E-state index in [9.17, 15) is 9.59 Å². The van der Waals surface area contributed by atoms with Crippen LogP contribution in [0.5, 0.6) is 0 Å². The van der Waals surface area contributed by atoms with Gasteiger partial charge in [0.15, 0.2) is 0 Å². The molecule has 0 aliphatic heterocycles. The number of amides is 1. The summed E-state index contributed by atoms with van der Waals surface area (Å²) in [5.74, 6) is -0.673. The molecule has 0 bridgehead atoms. The van der Waals surface area contributed by atoms with Gasteiger partial charge in [0, 0.05) is 13.1 Å². The number of pyridine rings is 1. The predicted octanol–water partition coefficient (Wildman–Crippen LogP) is 0.975. The fraction of sp³-hybridized carbons (Fsp3) is 0.182. The van der Waals surface area contributed by atoms with Gasteiger partial charge in [0.05, 0.1) is 24.1 Å². The molecule has 1 N–H and O–H groups in total. The summed E-state index contributed by atoms with van der Waals surface area (Å²) < 4.78 is 4.53. The van der Waals surface area contributed by atoms with Gasteiger partial charge < -0.3 is 10.1 Å². The van der Waals surface area contributed by atoms with E-state index in [1.807, 2.05) is 0 Å². The highest BCUT2D eigenvalue weighted by atomic mass is 16.5. The molecule has 0 aromatic carbocycles. The fourth-order valence-electron chi connectivity index (χ4n) is 1.09. The maximum atomic E-state index is 11.1. The lowest BCUT2D eigenvalue weighted by molar-refractivity contribution is -0.117. The van der Waals surface area contributed by atoms with E-state index in [1.54, 1.807) is 12.1 Å². The number of esters is 1. The van der Waals surface area contributed by atoms with E-state index < -0.39 is 5.97 Å². The van der Waals surface area contributed by atoms with Crippen LogP contribution in [0.25, 0.3) is 5.70 Å². The van der Waals surface area contributed by atoms with Crippen LogP contribution in [0.4, 0.5) is 0 Å². The summed E-state index contributed by atoms with van der Waals surface area (Å²) in [6, 6.07) is 3.14. The predicted molar refractivity (Wildman–Crippen MR) is 58.4 cm³/mol. The average molecular weight is 220 g/mol. The molecule has 0 saturated heterocycles. The van der Waals surface area contributed by atoms with Crippen LogP contribution in [0.3, 0.4) is 0 Å². The quantitative estimate of drug-likeness (QED) is 0.771. The first-order chi connectivity index (χ1) is 7.54. The molecule has 0 aliphatic carbocycles. The Morgan fingerprint density at radius 3 is 2.56 bits per heavy atom. The van der Waals surface area contributed by atoms with Gasteiger partial charge in [-0.3, -0.25) is 9.78 Å². The summed E-state index contributed by atoms with van der Waals surface area (Å²) in [4.78, 5) is 25.9. The van der Waals surface area contributed by atoms with Crippen LogP contribution in [0, 0.1) is 0 Å². The van der Waals surface area contributed by atoms with Gasteiger partial charge in [-0.2, -0.15) is 0 Å². The zero-order chi connectivity index (χ0) is 12.1. The number of methoxy groups -OCH3 is 1. The molecule has 5 heteroatoms. The second kappa shape index (κ2) is 5.06. The molecule has 84 valence electrons. The molecule has 1 rings (SSSR count). The maximum absolute atomic E-state index is 11.1. The normalized spacial score (nSPS) is 9.38. The van der Waals surface area contributed by atoms with Crippen molar-refractivity contribution in [1.29, 1.82) is 0 Å². The van der Waals surface area contributed by atoms with Gasteiger partial charge in [0.1, 0.15) is 0 Å². The lowest BCUT2D eigenvalue weighted by atomic mass is 10.2. The molecule has 0 atom stereocenters. The number of rotatable bonds is 3. The van der Waals surface area contributed by atoms with Crippen LogP contribution in [0.1, 0.15) is 23.0 Å². The zero-order valence-electron chi connectivity index (χ0n) is 9.11. The maximum Gasteiger partial charge on any atom is 0.339 e. The Morgan fingerprint density at radius 2 is 2.12 bits per heavy atom. The van der Waals surface area contributed by atoms with E-state index in [2.05, 4.69) is 21.6 Å². The van der Waals surface area contributed by atoms with E-state index in [4.69, 9.17) is 0 Å². The summed E-state index contributed by atoms with van der Waals surface area (Å²) in [5.41, 5.74) is 1.24. The minimum absolute atomic E-state index is 0.219. The van der Waals surface area contributed by atoms with Crippen molar-refractivity contribution >= 4 is 17.6 Å². The molecule has 0 fully saturated rings. The van der Waals surface area contributed by atoms with Crippen molar-refractivity contribution < 1.29 is 14.3 Å². The SMILES string of the molecule is C=C(NC(C)=O)c1ccc(C(=O)OC)cn1. The highest BCUT2D eigenvalue weighted by Crippen LogP contribution is 2.07. The van der Waals surface area contributed by atoms with Crippen molar-refractivity contribution in [3.8, 4) is 0 Å². The van der Waals surface area contributed by atoms with Crippen LogP contribution in [0.15, 0.2) is 24.9 Å². The Kier molecular flexibility index (Phi) is 3.77. The van der Waals surface area contributed by atoms with Crippen molar-refractivity contribution in [2.75, 3.05) is 7.11 Å². The van der Waals surface area contributed by atoms with Gasteiger partial charge in [0.2, 0.25) is 5.91 Å². The van der Waals surface area contributed by atoms with E-state index >= 15 is 0 Å². The lowest BCUT2D eigenvalue weighted by Gasteiger charge is -2.05. The number of carbonyl (C=O) groups excluding carboxylic acids is 2. The largest absolute Gasteiger partial charge is 0.465 e. The summed E-state index contributed by atoms with van der Waals surface area (Å²) in [6.45, 7) is 5.03. The van der Waals surface area contributed by atoms with Crippen molar-refractivity contribution in [2.24, 2.45) is 0 Å². The van der Waals surface area contributed by atoms with E-state index in [0.717, 1.165) is 0 Å². The van der Waals surface area contributed by atoms with Crippen LogP contribution in [-0.4, -0.2) is 24.0 Å². The van der Waals surface area contributed by atoms with Gasteiger partial charge in [-0.1, -0.05) is 6.58 Å². The summed E-state index contributed by atoms with van der Waals surface area (Å²) in [5, 5.41) is 2.51. The number of aromatic nitrogens is 1. The van der Waals surface area contributed by atoms with Gasteiger partial charge in [-0.25, -0.2) is 4.79 Å². The number of nitrogens with one attached hydrogen (secondary N) is 1. The molecule has 5 nitrogen and oxygen atoms in total. The number of carbonyl (C=O) groups is 2. The molecule has 0 unspecified atom stereocenters. The van der Waals surface area contributed by atoms with Crippen LogP contribution in [-0.2, 0) is 9.53 Å². The number of nitrogens with zero attached hydrogens (tertiary/aromatic N) is 1. The summed E-state index contributed by atoms with van der Waals surface area (Å²) in [6.07, 6.45) is 1.37. The Labute approximate surface area is 93.1 Å². The monoisotopic (exact) mass is 220 g/mol. The molecule has 0 aliphatic rings. The molecule has 1 amide bonds. The Balaban J connectivity index is 2.82. The molecule has 1 aromatic heterocycles. The smallest absolute Gasteiger partial charge is 0.339 e. The molecule has 1 aromatic rings. The minimum Gasteiger partial charge on any atom is -0.465 e. The molecule has 1 heterocycles. The first-order valence-corrected chi connectivity index (χ1v) is 4.56. The van der Waals surface area contributed by atoms with Crippen molar-refractivity contribution in [2.45, 2.75) is 6.92 Å². The summed E-state index contributed by atoms with van der Waals surface area (Å²) >= 11 is 0. The molecule has 16 heavy (non-hydrogen) atoms. The standard InChI is InChI=1S/C11H12N2O3/c1-7(13-8(2)14)10-5-4-9(6-12-10)11(15)16-3/h4-6H,1H2,2-3H3,(H,13,14). The van der Waals surface area contributed by atoms with E-state index in [-0.39, 0.29) is 5.91 Å². The molecular weight excluding hydrogens is 208 g/mol. The van der Waals surface area contributed by atoms with Crippen molar-refractivity contribution in [3.63, 3.8) is 0 Å². The van der Waals surface area contributed by atoms with Crippen molar-refractivity contribution in [3.05, 3.63) is 36.2 Å². The Hall–Kier alpha value is -2.17. The van der Waals surface area contributed by atoms with E-state index in [1.165, 1.54) is 20.2 Å². The molecule has 0 saturated carbocycles. The lowest BCUT2D eigenvalue weighted by Crippen LogP contribution is -2.18.